The molecule has 0 amide bonds. The van der Waals surface area contributed by atoms with E-state index in [0.29, 0.717) is 22.1 Å². The number of hydrogen-bond acceptors (Lipinski definition) is 3. The molecule has 6 heteroatoms. The first-order valence-electron chi connectivity index (χ1n) is 4.84. The molecule has 0 aliphatic carbocycles. The van der Waals surface area contributed by atoms with Crippen molar-refractivity contribution in [3.63, 3.8) is 0 Å². The maximum absolute atomic E-state index is 10.8. The average Bonchev–Trinajstić information content (AvgIpc) is 2.65. The van der Waals surface area contributed by atoms with Gasteiger partial charge in [0.25, 0.3) is 0 Å². The lowest BCUT2D eigenvalue weighted by molar-refractivity contribution is 0.0690. The number of anilines is 1. The van der Waals surface area contributed by atoms with Crippen LogP contribution in [0.4, 0.5) is 5.69 Å². The van der Waals surface area contributed by atoms with Gasteiger partial charge in [-0.2, -0.15) is 5.10 Å². The summed E-state index contributed by atoms with van der Waals surface area (Å²) in [5.74, 6) is -1.06. The summed E-state index contributed by atoms with van der Waals surface area (Å²) in [6, 6.07) is 6.52. The van der Waals surface area contributed by atoms with Gasteiger partial charge in [-0.25, -0.2) is 9.48 Å². The van der Waals surface area contributed by atoms with Crippen molar-refractivity contribution in [3.8, 4) is 5.69 Å². The Morgan fingerprint density at radius 1 is 1.47 bits per heavy atom. The number of carboxylic acids is 1. The molecule has 0 saturated carbocycles. The molecule has 0 aliphatic heterocycles. The van der Waals surface area contributed by atoms with Gasteiger partial charge in [-0.05, 0) is 31.2 Å². The van der Waals surface area contributed by atoms with E-state index >= 15 is 0 Å². The van der Waals surface area contributed by atoms with Gasteiger partial charge in [0.2, 0.25) is 0 Å². The van der Waals surface area contributed by atoms with Crippen molar-refractivity contribution in [3.05, 3.63) is 40.7 Å². The Hall–Kier alpha value is -2.01. The number of benzene rings is 1. The molecular formula is C11H10ClN3O2. The van der Waals surface area contributed by atoms with Crippen LogP contribution in [0.3, 0.4) is 0 Å². The van der Waals surface area contributed by atoms with Gasteiger partial charge in [0, 0.05) is 5.69 Å². The quantitative estimate of drug-likeness (QED) is 0.801. The summed E-state index contributed by atoms with van der Waals surface area (Å²) in [7, 11) is 0. The van der Waals surface area contributed by atoms with Crippen LogP contribution >= 0.6 is 11.6 Å². The number of nitrogens with two attached hydrogens (primary N) is 1. The molecule has 0 radical (unpaired) electrons. The number of hydrogen-bond donors (Lipinski definition) is 2. The largest absolute Gasteiger partial charge is 0.476 e. The van der Waals surface area contributed by atoms with Crippen molar-refractivity contribution in [2.24, 2.45) is 0 Å². The second-order valence-corrected chi connectivity index (χ2v) is 4.00. The molecule has 5 nitrogen and oxygen atoms in total. The zero-order chi connectivity index (χ0) is 12.6. The molecule has 2 aromatic rings. The molecule has 3 N–H and O–H groups in total. The monoisotopic (exact) mass is 251 g/mol. The summed E-state index contributed by atoms with van der Waals surface area (Å²) < 4.78 is 1.51. The van der Waals surface area contributed by atoms with Crippen LogP contribution in [-0.4, -0.2) is 20.9 Å². The van der Waals surface area contributed by atoms with E-state index in [1.54, 1.807) is 25.1 Å². The second-order valence-electron chi connectivity index (χ2n) is 3.59. The van der Waals surface area contributed by atoms with Crippen LogP contribution < -0.4 is 5.73 Å². The van der Waals surface area contributed by atoms with Crippen molar-refractivity contribution in [1.82, 2.24) is 9.78 Å². The van der Waals surface area contributed by atoms with Gasteiger partial charge in [-0.1, -0.05) is 11.6 Å². The third-order valence-electron chi connectivity index (χ3n) is 2.34. The SMILES string of the molecule is Cc1cc(C(=O)O)nn1-c1ccc(N)c(Cl)c1. The maximum Gasteiger partial charge on any atom is 0.356 e. The molecule has 0 bridgehead atoms. The second kappa shape index (κ2) is 4.10. The molecule has 88 valence electrons. The molecular weight excluding hydrogens is 242 g/mol. The van der Waals surface area contributed by atoms with Crippen molar-refractivity contribution < 1.29 is 9.90 Å². The standard InChI is InChI=1S/C11H10ClN3O2/c1-6-4-10(11(16)17)14-15(6)7-2-3-9(13)8(12)5-7/h2-5H,13H2,1H3,(H,16,17). The number of rotatable bonds is 2. The van der Waals surface area contributed by atoms with E-state index < -0.39 is 5.97 Å². The Kier molecular flexibility index (Phi) is 2.77. The number of aromatic nitrogens is 2. The van der Waals surface area contributed by atoms with Crippen LogP contribution in [0.25, 0.3) is 5.69 Å². The number of carboxylic acid groups (broad SMARTS) is 1. The Morgan fingerprint density at radius 3 is 2.71 bits per heavy atom. The summed E-state index contributed by atoms with van der Waals surface area (Å²) in [4.78, 5) is 10.8. The summed E-state index contributed by atoms with van der Waals surface area (Å²) in [5.41, 5.74) is 7.46. The number of aryl methyl sites for hydroxylation is 1. The van der Waals surface area contributed by atoms with E-state index in [2.05, 4.69) is 5.10 Å². The maximum atomic E-state index is 10.8. The summed E-state index contributed by atoms with van der Waals surface area (Å²) in [5, 5.41) is 13.2. The fraction of sp³-hybridized carbons (Fsp3) is 0.0909. The van der Waals surface area contributed by atoms with Gasteiger partial charge in [0.15, 0.2) is 5.69 Å². The summed E-state index contributed by atoms with van der Waals surface area (Å²) in [6.45, 7) is 1.77. The summed E-state index contributed by atoms with van der Waals surface area (Å²) >= 11 is 5.90. The predicted octanol–water partition coefficient (Wildman–Crippen LogP) is 2.11. The van der Waals surface area contributed by atoms with Crippen LogP contribution in [0, 0.1) is 6.92 Å². The highest BCUT2D eigenvalue weighted by molar-refractivity contribution is 6.33. The first-order valence-corrected chi connectivity index (χ1v) is 5.22. The van der Waals surface area contributed by atoms with E-state index in [1.807, 2.05) is 0 Å². The molecule has 17 heavy (non-hydrogen) atoms. The average molecular weight is 252 g/mol. The zero-order valence-electron chi connectivity index (χ0n) is 9.01. The highest BCUT2D eigenvalue weighted by atomic mass is 35.5. The van der Waals surface area contributed by atoms with Crippen molar-refractivity contribution >= 4 is 23.3 Å². The first kappa shape index (κ1) is 11.5. The summed E-state index contributed by atoms with van der Waals surface area (Å²) in [6.07, 6.45) is 0. The van der Waals surface area contributed by atoms with E-state index in [4.69, 9.17) is 22.4 Å². The minimum atomic E-state index is -1.06. The highest BCUT2D eigenvalue weighted by Crippen LogP contribution is 2.22. The smallest absolute Gasteiger partial charge is 0.356 e. The Morgan fingerprint density at radius 2 is 2.18 bits per heavy atom. The lowest BCUT2D eigenvalue weighted by Crippen LogP contribution is -2.02. The third kappa shape index (κ3) is 2.09. The molecule has 1 aromatic carbocycles. The molecule has 1 heterocycles. The molecule has 1 aromatic heterocycles. The van der Waals surface area contributed by atoms with Crippen LogP contribution in [0.1, 0.15) is 16.2 Å². The Balaban J connectivity index is 2.52. The molecule has 0 saturated heterocycles. The van der Waals surface area contributed by atoms with Gasteiger partial charge in [-0.3, -0.25) is 0 Å². The molecule has 0 unspecified atom stereocenters. The minimum absolute atomic E-state index is 0.00422. The fourth-order valence-corrected chi connectivity index (χ4v) is 1.66. The van der Waals surface area contributed by atoms with E-state index in [0.717, 1.165) is 0 Å². The van der Waals surface area contributed by atoms with Gasteiger partial charge < -0.3 is 10.8 Å². The van der Waals surface area contributed by atoms with Crippen LogP contribution in [0.15, 0.2) is 24.3 Å². The van der Waals surface area contributed by atoms with Crippen molar-refractivity contribution in [1.29, 1.82) is 0 Å². The number of nitrogen functional groups attached to an aromatic ring is 1. The van der Waals surface area contributed by atoms with Gasteiger partial charge in [-0.15, -0.1) is 0 Å². The molecule has 0 spiro atoms. The van der Waals surface area contributed by atoms with Crippen molar-refractivity contribution in [2.75, 3.05) is 5.73 Å². The molecule has 2 rings (SSSR count). The normalized spacial score (nSPS) is 10.5. The zero-order valence-corrected chi connectivity index (χ0v) is 9.77. The number of halogens is 1. The Bertz CT molecular complexity index is 592. The molecule has 0 aliphatic rings. The molecule has 0 fully saturated rings. The third-order valence-corrected chi connectivity index (χ3v) is 2.66. The lowest BCUT2D eigenvalue weighted by atomic mass is 10.3. The minimum Gasteiger partial charge on any atom is -0.476 e. The van der Waals surface area contributed by atoms with Crippen LogP contribution in [0.2, 0.25) is 5.02 Å². The van der Waals surface area contributed by atoms with E-state index in [9.17, 15) is 4.79 Å². The number of aromatic carboxylic acids is 1. The lowest BCUT2D eigenvalue weighted by Gasteiger charge is -2.05. The van der Waals surface area contributed by atoms with E-state index in [1.165, 1.54) is 10.7 Å². The van der Waals surface area contributed by atoms with Crippen LogP contribution in [0.5, 0.6) is 0 Å². The number of nitrogens with zero attached hydrogens (tertiary/aromatic N) is 2. The highest BCUT2D eigenvalue weighted by Gasteiger charge is 2.12. The van der Waals surface area contributed by atoms with Gasteiger partial charge >= 0.3 is 5.97 Å². The van der Waals surface area contributed by atoms with Crippen LogP contribution in [-0.2, 0) is 0 Å². The van der Waals surface area contributed by atoms with E-state index in [-0.39, 0.29) is 5.69 Å². The number of carbonyl (C=O) groups is 1. The first-order chi connectivity index (χ1) is 7.99. The predicted molar refractivity (Wildman–Crippen MR) is 64.7 cm³/mol. The van der Waals surface area contributed by atoms with Gasteiger partial charge in [0.05, 0.1) is 16.4 Å². The fourth-order valence-electron chi connectivity index (χ4n) is 1.49. The van der Waals surface area contributed by atoms with Crippen molar-refractivity contribution in [2.45, 2.75) is 6.92 Å². The Labute approximate surface area is 102 Å². The molecule has 0 atom stereocenters. The topological polar surface area (TPSA) is 81.1 Å². The van der Waals surface area contributed by atoms with Gasteiger partial charge in [0.1, 0.15) is 0 Å².